The van der Waals surface area contributed by atoms with E-state index < -0.39 is 0 Å². The number of anilines is 1. The van der Waals surface area contributed by atoms with Crippen LogP contribution >= 0.6 is 11.8 Å². The van der Waals surface area contributed by atoms with E-state index in [1.54, 1.807) is 18.2 Å². The third-order valence-electron chi connectivity index (χ3n) is 4.74. The van der Waals surface area contributed by atoms with Crippen molar-refractivity contribution in [3.05, 3.63) is 72.3 Å². The number of carbonyl (C=O) groups excluding carboxylic acids is 3. The number of hydrogen-bond acceptors (Lipinski definition) is 4. The van der Waals surface area contributed by atoms with Gasteiger partial charge < -0.3 is 5.32 Å². The summed E-state index contributed by atoms with van der Waals surface area (Å²) in [5, 5.41) is 4.62. The number of nitrogens with one attached hydrogen (secondary N) is 1. The molecule has 6 heteroatoms. The molecule has 0 aromatic heterocycles. The van der Waals surface area contributed by atoms with Gasteiger partial charge in [0.2, 0.25) is 11.8 Å². The van der Waals surface area contributed by atoms with E-state index in [0.29, 0.717) is 11.3 Å². The summed E-state index contributed by atoms with van der Waals surface area (Å²) in [5.74, 6) is -0.491. The van der Waals surface area contributed by atoms with Crippen molar-refractivity contribution in [1.82, 2.24) is 4.90 Å². The van der Waals surface area contributed by atoms with E-state index in [2.05, 4.69) is 5.32 Å². The van der Waals surface area contributed by atoms with E-state index in [-0.39, 0.29) is 29.4 Å². The van der Waals surface area contributed by atoms with Crippen LogP contribution in [0, 0.1) is 0 Å². The average Bonchev–Trinajstić information content (AvgIpc) is 2.95. The highest BCUT2D eigenvalue weighted by molar-refractivity contribution is 8.00. The van der Waals surface area contributed by atoms with Crippen LogP contribution in [0.25, 0.3) is 10.8 Å². The Balaban J connectivity index is 1.43. The molecule has 1 heterocycles. The molecule has 1 N–H and O–H groups in total. The van der Waals surface area contributed by atoms with Gasteiger partial charge in [-0.2, -0.15) is 0 Å². The molecule has 5 nitrogen and oxygen atoms in total. The Morgan fingerprint density at radius 3 is 2.39 bits per heavy atom. The summed E-state index contributed by atoms with van der Waals surface area (Å²) in [5.41, 5.74) is 1.27. The fourth-order valence-corrected chi connectivity index (χ4v) is 4.24. The minimum Gasteiger partial charge on any atom is -0.322 e. The molecule has 1 saturated heterocycles. The molecular weight excluding hydrogens is 372 g/mol. The molecule has 3 aromatic carbocycles. The van der Waals surface area contributed by atoms with E-state index in [9.17, 15) is 14.4 Å². The van der Waals surface area contributed by atoms with Crippen LogP contribution < -0.4 is 5.32 Å². The Kier molecular flexibility index (Phi) is 4.88. The quantitative estimate of drug-likeness (QED) is 0.685. The molecule has 3 aromatic rings. The lowest BCUT2D eigenvalue weighted by molar-refractivity contribution is -0.136. The van der Waals surface area contributed by atoms with Gasteiger partial charge in [-0.15, -0.1) is 11.8 Å². The van der Waals surface area contributed by atoms with E-state index in [4.69, 9.17) is 0 Å². The zero-order valence-corrected chi connectivity index (χ0v) is 16.0. The van der Waals surface area contributed by atoms with Gasteiger partial charge in [0.1, 0.15) is 0 Å². The molecule has 1 aliphatic rings. The van der Waals surface area contributed by atoms with E-state index in [1.165, 1.54) is 23.7 Å². The number of likely N-dealkylation sites (tertiary alicyclic amines) is 1. The molecule has 3 amide bonds. The van der Waals surface area contributed by atoms with Gasteiger partial charge in [-0.1, -0.05) is 30.3 Å². The fourth-order valence-electron chi connectivity index (χ4n) is 3.13. The van der Waals surface area contributed by atoms with E-state index >= 15 is 0 Å². The predicted molar refractivity (Wildman–Crippen MR) is 110 cm³/mol. The standard InChI is InChI=1S/C22H18N2O3S/c1-24-20(25)13-19(22(24)27)28-18-10-8-17(9-11-18)23-21(26)16-7-6-14-4-2-3-5-15(14)12-16/h2-12,19H,13H2,1H3,(H,23,26). The smallest absolute Gasteiger partial charge is 0.255 e. The van der Waals surface area contributed by atoms with Crippen molar-refractivity contribution in [3.63, 3.8) is 0 Å². The summed E-state index contributed by atoms with van der Waals surface area (Å²) < 4.78 is 0. The average molecular weight is 390 g/mol. The number of carbonyl (C=O) groups is 3. The summed E-state index contributed by atoms with van der Waals surface area (Å²) in [4.78, 5) is 38.2. The molecule has 0 spiro atoms. The lowest BCUT2D eigenvalue weighted by Crippen LogP contribution is -2.26. The molecule has 0 saturated carbocycles. The van der Waals surface area contributed by atoms with Gasteiger partial charge in [0.05, 0.1) is 5.25 Å². The third kappa shape index (κ3) is 3.64. The van der Waals surface area contributed by atoms with Crippen molar-refractivity contribution in [1.29, 1.82) is 0 Å². The number of amides is 3. The maximum absolute atomic E-state index is 12.5. The minimum atomic E-state index is -0.379. The second kappa shape index (κ2) is 7.48. The molecular formula is C22H18N2O3S. The number of thioether (sulfide) groups is 1. The van der Waals surface area contributed by atoms with Crippen LogP contribution in [0.4, 0.5) is 5.69 Å². The molecule has 0 aliphatic carbocycles. The molecule has 28 heavy (non-hydrogen) atoms. The van der Waals surface area contributed by atoms with Crippen molar-refractivity contribution in [2.24, 2.45) is 0 Å². The Morgan fingerprint density at radius 2 is 1.71 bits per heavy atom. The Labute approximate surface area is 166 Å². The number of benzene rings is 3. The largest absolute Gasteiger partial charge is 0.322 e. The molecule has 1 atom stereocenters. The topological polar surface area (TPSA) is 66.5 Å². The lowest BCUT2D eigenvalue weighted by Gasteiger charge is -2.10. The molecule has 1 aliphatic heterocycles. The highest BCUT2D eigenvalue weighted by Crippen LogP contribution is 2.31. The summed E-state index contributed by atoms with van der Waals surface area (Å²) in [6.45, 7) is 0. The predicted octanol–water partition coefficient (Wildman–Crippen LogP) is 3.94. The second-order valence-corrected chi connectivity index (χ2v) is 7.92. The molecule has 0 radical (unpaired) electrons. The highest BCUT2D eigenvalue weighted by atomic mass is 32.2. The number of fused-ring (bicyclic) bond motifs is 1. The Morgan fingerprint density at radius 1 is 1.00 bits per heavy atom. The van der Waals surface area contributed by atoms with Crippen LogP contribution in [-0.2, 0) is 9.59 Å². The monoisotopic (exact) mass is 390 g/mol. The van der Waals surface area contributed by atoms with Gasteiger partial charge >= 0.3 is 0 Å². The second-order valence-electron chi connectivity index (χ2n) is 6.64. The first-order valence-electron chi connectivity index (χ1n) is 8.88. The van der Waals surface area contributed by atoms with E-state index in [0.717, 1.165) is 15.7 Å². The van der Waals surface area contributed by atoms with Crippen LogP contribution in [0.15, 0.2) is 71.6 Å². The summed E-state index contributed by atoms with van der Waals surface area (Å²) in [6.07, 6.45) is 0.223. The van der Waals surface area contributed by atoms with Crippen LogP contribution in [0.3, 0.4) is 0 Å². The molecule has 0 bridgehead atoms. The maximum atomic E-state index is 12.5. The number of rotatable bonds is 4. The first kappa shape index (κ1) is 18.3. The van der Waals surface area contributed by atoms with Gasteiger partial charge in [-0.3, -0.25) is 19.3 Å². The van der Waals surface area contributed by atoms with Gasteiger partial charge in [-0.05, 0) is 47.2 Å². The lowest BCUT2D eigenvalue weighted by atomic mass is 10.1. The number of imide groups is 1. The van der Waals surface area contributed by atoms with Crippen LogP contribution in [0.1, 0.15) is 16.8 Å². The van der Waals surface area contributed by atoms with Gasteiger partial charge in [0.25, 0.3) is 5.91 Å². The molecule has 140 valence electrons. The van der Waals surface area contributed by atoms with Gasteiger partial charge in [0, 0.05) is 29.6 Å². The summed E-state index contributed by atoms with van der Waals surface area (Å²) in [7, 11) is 1.51. The first-order chi connectivity index (χ1) is 13.5. The normalized spacial score (nSPS) is 16.6. The molecule has 1 unspecified atom stereocenters. The van der Waals surface area contributed by atoms with Crippen LogP contribution in [-0.4, -0.2) is 34.9 Å². The SMILES string of the molecule is CN1C(=O)CC(Sc2ccc(NC(=O)c3ccc4ccccc4c3)cc2)C1=O. The zero-order valence-electron chi connectivity index (χ0n) is 15.2. The summed E-state index contributed by atoms with van der Waals surface area (Å²) in [6, 6.07) is 20.8. The first-order valence-corrected chi connectivity index (χ1v) is 9.76. The van der Waals surface area contributed by atoms with Crippen molar-refractivity contribution < 1.29 is 14.4 Å². The van der Waals surface area contributed by atoms with Gasteiger partial charge in [0.15, 0.2) is 0 Å². The summed E-state index contributed by atoms with van der Waals surface area (Å²) >= 11 is 1.37. The maximum Gasteiger partial charge on any atom is 0.255 e. The minimum absolute atomic E-state index is 0.151. The van der Waals surface area contributed by atoms with Crippen molar-refractivity contribution >= 4 is 45.9 Å². The highest BCUT2D eigenvalue weighted by Gasteiger charge is 2.36. The third-order valence-corrected chi connectivity index (χ3v) is 5.94. The fraction of sp³-hybridized carbons (Fsp3) is 0.136. The number of hydrogen-bond donors (Lipinski definition) is 1. The van der Waals surface area contributed by atoms with Crippen molar-refractivity contribution in [2.75, 3.05) is 12.4 Å². The Bertz CT molecular complexity index is 1080. The zero-order chi connectivity index (χ0) is 19.7. The van der Waals surface area contributed by atoms with Crippen molar-refractivity contribution in [3.8, 4) is 0 Å². The number of nitrogens with zero attached hydrogens (tertiary/aromatic N) is 1. The van der Waals surface area contributed by atoms with Crippen LogP contribution in [0.5, 0.6) is 0 Å². The van der Waals surface area contributed by atoms with Gasteiger partial charge in [-0.25, -0.2) is 0 Å². The van der Waals surface area contributed by atoms with Crippen LogP contribution in [0.2, 0.25) is 0 Å². The van der Waals surface area contributed by atoms with Crippen molar-refractivity contribution in [2.45, 2.75) is 16.6 Å². The Hall–Kier alpha value is -3.12. The van der Waals surface area contributed by atoms with E-state index in [1.807, 2.05) is 48.5 Å². The molecule has 4 rings (SSSR count). The molecule has 1 fully saturated rings.